The standard InChI is InChI=1S/C13H28S8/c14-10-16-4-1-6-18-12-20-8-3-9-21-13-19-7-2-5-17-11-15/h14-15H,1-13H2. The fourth-order valence-corrected chi connectivity index (χ4v) is 7.77. The number of hydrogen-bond donors (Lipinski definition) is 2. The molecule has 0 nitrogen and oxygen atoms in total. The third kappa shape index (κ3) is 22.8. The Bertz CT molecular complexity index is 164. The Hall–Kier alpha value is 2.80. The number of thioether (sulfide) groups is 6. The maximum atomic E-state index is 4.20. The van der Waals surface area contributed by atoms with Crippen LogP contribution in [0.3, 0.4) is 0 Å². The summed E-state index contributed by atoms with van der Waals surface area (Å²) in [6, 6.07) is 0. The van der Waals surface area contributed by atoms with Crippen molar-refractivity contribution in [1.29, 1.82) is 0 Å². The fourth-order valence-electron chi connectivity index (χ4n) is 1.27. The van der Waals surface area contributed by atoms with Gasteiger partial charge in [-0.3, -0.25) is 0 Å². The van der Waals surface area contributed by atoms with Crippen molar-refractivity contribution in [3.8, 4) is 0 Å². The predicted molar refractivity (Wildman–Crippen MR) is 126 cm³/mol. The molecule has 0 saturated carbocycles. The number of hydrogen-bond acceptors (Lipinski definition) is 8. The van der Waals surface area contributed by atoms with Crippen LogP contribution in [-0.2, 0) is 0 Å². The van der Waals surface area contributed by atoms with Crippen LogP contribution in [0.25, 0.3) is 0 Å². The highest BCUT2D eigenvalue weighted by molar-refractivity contribution is 8.16. The Balaban J connectivity index is 2.90. The van der Waals surface area contributed by atoms with Gasteiger partial charge in [0.2, 0.25) is 0 Å². The van der Waals surface area contributed by atoms with Crippen LogP contribution in [0.2, 0.25) is 0 Å². The van der Waals surface area contributed by atoms with Gasteiger partial charge in [-0.15, -0.1) is 0 Å². The summed E-state index contributed by atoms with van der Waals surface area (Å²) in [5.74, 6) is 7.81. The molecule has 0 bridgehead atoms. The lowest BCUT2D eigenvalue weighted by Gasteiger charge is -2.03. The maximum Gasteiger partial charge on any atom is 0.0392 e. The average molecular weight is 441 g/mol. The molecule has 0 saturated heterocycles. The minimum absolute atomic E-state index is 0.962. The summed E-state index contributed by atoms with van der Waals surface area (Å²) in [5, 5.41) is 4.47. The first-order chi connectivity index (χ1) is 10.4. The topological polar surface area (TPSA) is 0 Å². The zero-order valence-corrected chi connectivity index (χ0v) is 19.2. The van der Waals surface area contributed by atoms with Gasteiger partial charge < -0.3 is 0 Å². The number of thiol groups is 2. The predicted octanol–water partition coefficient (Wildman–Crippen LogP) is 6.25. The van der Waals surface area contributed by atoms with Crippen molar-refractivity contribution in [1.82, 2.24) is 0 Å². The molecule has 0 unspecified atom stereocenters. The van der Waals surface area contributed by atoms with Gasteiger partial charge in [-0.05, 0) is 53.8 Å². The lowest BCUT2D eigenvalue weighted by molar-refractivity contribution is 1.12. The molecule has 0 aromatic carbocycles. The van der Waals surface area contributed by atoms with E-state index in [4.69, 9.17) is 0 Å². The molecule has 0 aliphatic carbocycles. The van der Waals surface area contributed by atoms with E-state index in [2.05, 4.69) is 72.3 Å². The van der Waals surface area contributed by atoms with Crippen LogP contribution < -0.4 is 0 Å². The van der Waals surface area contributed by atoms with E-state index in [1.165, 1.54) is 63.9 Å². The van der Waals surface area contributed by atoms with E-state index < -0.39 is 0 Å². The van der Waals surface area contributed by atoms with Crippen LogP contribution >= 0.6 is 95.8 Å². The summed E-state index contributed by atoms with van der Waals surface area (Å²) < 4.78 is 0. The van der Waals surface area contributed by atoms with Crippen molar-refractivity contribution in [3.63, 3.8) is 0 Å². The second kappa shape index (κ2) is 22.8. The Morgan fingerprint density at radius 3 is 1.00 bits per heavy atom. The van der Waals surface area contributed by atoms with Crippen molar-refractivity contribution in [2.24, 2.45) is 0 Å². The molecule has 0 aliphatic rings. The summed E-state index contributed by atoms with van der Waals surface area (Å²) in [6.07, 6.45) is 4.02. The van der Waals surface area contributed by atoms with E-state index in [1.54, 1.807) is 0 Å². The Labute approximate surface area is 168 Å². The molecule has 128 valence electrons. The van der Waals surface area contributed by atoms with Gasteiger partial charge in [-0.1, -0.05) is 0 Å². The van der Waals surface area contributed by atoms with Gasteiger partial charge in [-0.25, -0.2) is 0 Å². The first-order valence-electron chi connectivity index (χ1n) is 7.10. The monoisotopic (exact) mass is 440 g/mol. The van der Waals surface area contributed by atoms with Crippen LogP contribution in [0.5, 0.6) is 0 Å². The van der Waals surface area contributed by atoms with Gasteiger partial charge in [0.15, 0.2) is 0 Å². The first-order valence-corrected chi connectivity index (χ1v) is 15.3. The van der Waals surface area contributed by atoms with Crippen LogP contribution in [-0.4, -0.2) is 54.9 Å². The molecule has 0 atom stereocenters. The van der Waals surface area contributed by atoms with Crippen LogP contribution in [0.1, 0.15) is 19.3 Å². The van der Waals surface area contributed by atoms with Gasteiger partial charge in [-0.2, -0.15) is 95.8 Å². The molecule has 0 heterocycles. The lowest BCUT2D eigenvalue weighted by atomic mass is 10.6. The third-order valence-corrected chi connectivity index (χ3v) is 9.84. The summed E-state index contributed by atoms with van der Waals surface area (Å²) in [4.78, 5) is 0. The lowest BCUT2D eigenvalue weighted by Crippen LogP contribution is -1.89. The highest BCUT2D eigenvalue weighted by Crippen LogP contribution is 2.18. The second-order valence-corrected chi connectivity index (χ2v) is 12.9. The molecule has 21 heavy (non-hydrogen) atoms. The van der Waals surface area contributed by atoms with Crippen LogP contribution in [0, 0.1) is 0 Å². The molecular weight excluding hydrogens is 413 g/mol. The largest absolute Gasteiger partial charge is 0.168 e. The van der Waals surface area contributed by atoms with E-state index in [0.29, 0.717) is 0 Å². The van der Waals surface area contributed by atoms with Crippen molar-refractivity contribution in [2.45, 2.75) is 19.3 Å². The minimum Gasteiger partial charge on any atom is -0.168 e. The summed E-state index contributed by atoms with van der Waals surface area (Å²) in [7, 11) is 0. The van der Waals surface area contributed by atoms with Gasteiger partial charge in [0.05, 0.1) is 0 Å². The van der Waals surface area contributed by atoms with Gasteiger partial charge in [0, 0.05) is 20.3 Å². The maximum absolute atomic E-state index is 4.20. The van der Waals surface area contributed by atoms with Crippen molar-refractivity contribution < 1.29 is 0 Å². The minimum atomic E-state index is 0.962. The van der Waals surface area contributed by atoms with E-state index in [-0.39, 0.29) is 0 Å². The smallest absolute Gasteiger partial charge is 0.0392 e. The van der Waals surface area contributed by atoms with Crippen LogP contribution in [0.15, 0.2) is 0 Å². The Kier molecular flexibility index (Phi) is 25.8. The molecule has 8 heteroatoms. The molecule has 0 rings (SSSR count). The Morgan fingerprint density at radius 1 is 0.429 bits per heavy atom. The highest BCUT2D eigenvalue weighted by Gasteiger charge is 1.95. The quantitative estimate of drug-likeness (QED) is 0.146. The fraction of sp³-hybridized carbons (Fsp3) is 1.00. The van der Waals surface area contributed by atoms with Gasteiger partial charge in [0.25, 0.3) is 0 Å². The molecule has 0 N–H and O–H groups in total. The summed E-state index contributed by atoms with van der Waals surface area (Å²) in [6.45, 7) is 0. The Morgan fingerprint density at radius 2 is 0.714 bits per heavy atom. The zero-order valence-electron chi connectivity index (χ0n) is 12.5. The van der Waals surface area contributed by atoms with Crippen molar-refractivity contribution >= 4 is 95.8 Å². The molecule has 0 amide bonds. The zero-order chi connectivity index (χ0) is 15.4. The molecule has 0 aromatic rings. The number of rotatable bonds is 18. The van der Waals surface area contributed by atoms with Crippen LogP contribution in [0.4, 0.5) is 0 Å². The molecule has 0 fully saturated rings. The molecular formula is C13H28S8. The SMILES string of the molecule is SCSCCCSCSCCCSCSCCCSCS. The summed E-state index contributed by atoms with van der Waals surface area (Å²) >= 11 is 20.6. The van der Waals surface area contributed by atoms with Gasteiger partial charge in [0.1, 0.15) is 0 Å². The normalized spacial score (nSPS) is 11.1. The molecule has 0 aromatic heterocycles. The van der Waals surface area contributed by atoms with Crippen molar-refractivity contribution in [3.05, 3.63) is 0 Å². The van der Waals surface area contributed by atoms with Gasteiger partial charge >= 0.3 is 0 Å². The second-order valence-electron chi connectivity index (χ2n) is 4.00. The molecule has 0 radical (unpaired) electrons. The highest BCUT2D eigenvalue weighted by atomic mass is 32.2. The van der Waals surface area contributed by atoms with E-state index in [9.17, 15) is 0 Å². The van der Waals surface area contributed by atoms with E-state index in [0.717, 1.165) is 10.2 Å². The van der Waals surface area contributed by atoms with Crippen molar-refractivity contribution in [2.75, 3.05) is 54.9 Å². The van der Waals surface area contributed by atoms with E-state index >= 15 is 0 Å². The average Bonchev–Trinajstić information content (AvgIpc) is 2.50. The summed E-state index contributed by atoms with van der Waals surface area (Å²) in [5.41, 5.74) is 0. The molecule has 0 aliphatic heterocycles. The third-order valence-electron chi connectivity index (χ3n) is 2.25. The van der Waals surface area contributed by atoms with E-state index in [1.807, 2.05) is 23.5 Å². The molecule has 0 spiro atoms. The first kappa shape index (κ1) is 23.8.